The van der Waals surface area contributed by atoms with Crippen LogP contribution in [-0.4, -0.2) is 49.0 Å². The van der Waals surface area contributed by atoms with E-state index in [4.69, 9.17) is 4.74 Å². The Morgan fingerprint density at radius 1 is 1.19 bits per heavy atom. The van der Waals surface area contributed by atoms with Crippen molar-refractivity contribution in [2.75, 3.05) is 18.5 Å². The van der Waals surface area contributed by atoms with E-state index in [1.807, 2.05) is 0 Å². The maximum atomic E-state index is 5.37. The van der Waals surface area contributed by atoms with Crippen LogP contribution in [0.4, 0.5) is 5.82 Å². The molecule has 1 fully saturated rings. The van der Waals surface area contributed by atoms with Crippen molar-refractivity contribution in [3.8, 4) is 5.95 Å². The topological polar surface area (TPSA) is 90.6 Å². The lowest BCUT2D eigenvalue weighted by atomic mass is 10.2. The molecule has 0 spiro atoms. The number of nitrogens with zero attached hydrogens (tertiary/aromatic N) is 6. The molecule has 4 rings (SSSR count). The van der Waals surface area contributed by atoms with E-state index in [1.54, 1.807) is 29.3 Å². The van der Waals surface area contributed by atoms with Gasteiger partial charge in [-0.3, -0.25) is 0 Å². The van der Waals surface area contributed by atoms with Crippen LogP contribution in [0.5, 0.6) is 0 Å². The van der Waals surface area contributed by atoms with Crippen LogP contribution in [0.3, 0.4) is 0 Å². The van der Waals surface area contributed by atoms with Gasteiger partial charge < -0.3 is 10.1 Å². The summed E-state index contributed by atoms with van der Waals surface area (Å²) in [5.41, 5.74) is 0.678. The Labute approximate surface area is 120 Å². The zero-order chi connectivity index (χ0) is 14.1. The van der Waals surface area contributed by atoms with Crippen molar-refractivity contribution in [3.63, 3.8) is 0 Å². The largest absolute Gasteiger partial charge is 0.379 e. The van der Waals surface area contributed by atoms with Gasteiger partial charge in [0.25, 0.3) is 5.95 Å². The van der Waals surface area contributed by atoms with Crippen LogP contribution >= 0.6 is 0 Å². The van der Waals surface area contributed by atoms with Gasteiger partial charge in [-0.1, -0.05) is 0 Å². The summed E-state index contributed by atoms with van der Waals surface area (Å²) in [6.45, 7) is 1.48. The highest BCUT2D eigenvalue weighted by atomic mass is 16.5. The molecule has 1 saturated heterocycles. The maximum Gasteiger partial charge on any atom is 0.252 e. The van der Waals surface area contributed by atoms with Gasteiger partial charge >= 0.3 is 0 Å². The molecule has 0 aliphatic carbocycles. The van der Waals surface area contributed by atoms with E-state index in [-0.39, 0.29) is 6.04 Å². The number of hydrogen-bond acceptors (Lipinski definition) is 7. The number of nitrogens with one attached hydrogen (secondary N) is 1. The molecule has 0 saturated carbocycles. The fourth-order valence-electron chi connectivity index (χ4n) is 2.35. The molecule has 1 N–H and O–H groups in total. The van der Waals surface area contributed by atoms with E-state index in [1.165, 1.54) is 6.33 Å². The molecule has 8 nitrogen and oxygen atoms in total. The summed E-state index contributed by atoms with van der Waals surface area (Å²) in [6, 6.07) is 2.04. The molecular weight excluding hydrogens is 270 g/mol. The molecule has 0 aromatic carbocycles. The van der Waals surface area contributed by atoms with E-state index in [0.717, 1.165) is 24.2 Å². The Kier molecular flexibility index (Phi) is 2.93. The van der Waals surface area contributed by atoms with E-state index >= 15 is 0 Å². The van der Waals surface area contributed by atoms with Gasteiger partial charge in [0.15, 0.2) is 5.65 Å². The summed E-state index contributed by atoms with van der Waals surface area (Å²) in [5, 5.41) is 8.54. The predicted octanol–water partition coefficient (Wildman–Crippen LogP) is 0.806. The molecule has 1 atom stereocenters. The highest BCUT2D eigenvalue weighted by molar-refractivity contribution is 5.86. The van der Waals surface area contributed by atoms with Crippen molar-refractivity contribution < 1.29 is 4.74 Å². The molecule has 1 aliphatic rings. The normalized spacial score (nSPS) is 18.2. The number of ether oxygens (including phenoxy) is 1. The highest BCUT2D eigenvalue weighted by Gasteiger charge is 2.18. The van der Waals surface area contributed by atoms with Gasteiger partial charge in [0.2, 0.25) is 0 Å². The van der Waals surface area contributed by atoms with Crippen molar-refractivity contribution in [1.82, 2.24) is 29.7 Å². The van der Waals surface area contributed by atoms with E-state index in [0.29, 0.717) is 18.2 Å². The molecule has 0 unspecified atom stereocenters. The minimum atomic E-state index is 0.277. The SMILES string of the molecule is c1cnc(-n2ncc3c(N[C@H]4CCOC4)ncnc32)nc1. The zero-order valence-electron chi connectivity index (χ0n) is 11.2. The molecule has 3 aromatic heterocycles. The summed E-state index contributed by atoms with van der Waals surface area (Å²) in [4.78, 5) is 17.0. The van der Waals surface area contributed by atoms with Gasteiger partial charge in [-0.05, 0) is 12.5 Å². The monoisotopic (exact) mass is 283 g/mol. The summed E-state index contributed by atoms with van der Waals surface area (Å²) in [7, 11) is 0. The Morgan fingerprint density at radius 2 is 2.10 bits per heavy atom. The number of aromatic nitrogens is 6. The zero-order valence-corrected chi connectivity index (χ0v) is 11.2. The van der Waals surface area contributed by atoms with E-state index < -0.39 is 0 Å². The Hall–Kier alpha value is -2.61. The Bertz CT molecular complexity index is 752. The first kappa shape index (κ1) is 12.2. The quantitative estimate of drug-likeness (QED) is 0.760. The summed E-state index contributed by atoms with van der Waals surface area (Å²) in [6.07, 6.45) is 7.56. The van der Waals surface area contributed by atoms with Crippen LogP contribution in [0.2, 0.25) is 0 Å². The third kappa shape index (κ3) is 2.19. The summed E-state index contributed by atoms with van der Waals surface area (Å²) in [5.74, 6) is 1.25. The summed E-state index contributed by atoms with van der Waals surface area (Å²) >= 11 is 0. The fourth-order valence-corrected chi connectivity index (χ4v) is 2.35. The van der Waals surface area contributed by atoms with Crippen LogP contribution in [0.15, 0.2) is 31.0 Å². The molecular formula is C13H13N7O. The van der Waals surface area contributed by atoms with Crippen LogP contribution in [0.25, 0.3) is 17.0 Å². The smallest absolute Gasteiger partial charge is 0.252 e. The molecule has 106 valence electrons. The van der Waals surface area contributed by atoms with Gasteiger partial charge in [0.1, 0.15) is 12.1 Å². The first-order valence-electron chi connectivity index (χ1n) is 6.72. The molecule has 0 amide bonds. The lowest BCUT2D eigenvalue weighted by molar-refractivity contribution is 0.195. The van der Waals surface area contributed by atoms with Crippen molar-refractivity contribution in [2.45, 2.75) is 12.5 Å². The maximum absolute atomic E-state index is 5.37. The van der Waals surface area contributed by atoms with Crippen molar-refractivity contribution in [1.29, 1.82) is 0 Å². The molecule has 4 heterocycles. The third-order valence-electron chi connectivity index (χ3n) is 3.38. The number of hydrogen-bond donors (Lipinski definition) is 1. The highest BCUT2D eigenvalue weighted by Crippen LogP contribution is 2.22. The Balaban J connectivity index is 1.75. The standard InChI is InChI=1S/C13H13N7O/c1-3-14-13(15-4-1)20-12-10(6-18-20)11(16-8-17-12)19-9-2-5-21-7-9/h1,3-4,6,8-9H,2,5,7H2,(H,16,17,19)/t9-/m0/s1. The lowest BCUT2D eigenvalue weighted by Gasteiger charge is -2.11. The lowest BCUT2D eigenvalue weighted by Crippen LogP contribution is -2.19. The van der Waals surface area contributed by atoms with Crippen LogP contribution in [-0.2, 0) is 4.74 Å². The van der Waals surface area contributed by atoms with Crippen LogP contribution in [0, 0.1) is 0 Å². The molecule has 8 heteroatoms. The van der Waals surface area contributed by atoms with Crippen LogP contribution < -0.4 is 5.32 Å². The van der Waals surface area contributed by atoms with Crippen LogP contribution in [0.1, 0.15) is 6.42 Å². The minimum Gasteiger partial charge on any atom is -0.379 e. The van der Waals surface area contributed by atoms with Gasteiger partial charge in [0.05, 0.1) is 24.2 Å². The first-order chi connectivity index (χ1) is 10.4. The second-order valence-electron chi connectivity index (χ2n) is 4.77. The third-order valence-corrected chi connectivity index (χ3v) is 3.38. The van der Waals surface area contributed by atoms with Gasteiger partial charge in [-0.15, -0.1) is 0 Å². The number of fused-ring (bicyclic) bond motifs is 1. The summed E-state index contributed by atoms with van der Waals surface area (Å²) < 4.78 is 6.97. The number of rotatable bonds is 3. The molecule has 0 bridgehead atoms. The number of anilines is 1. The average Bonchev–Trinajstić information content (AvgIpc) is 3.18. The first-order valence-corrected chi connectivity index (χ1v) is 6.72. The predicted molar refractivity (Wildman–Crippen MR) is 75.1 cm³/mol. The van der Waals surface area contributed by atoms with Gasteiger partial charge in [0, 0.05) is 19.0 Å². The molecule has 21 heavy (non-hydrogen) atoms. The molecule has 3 aromatic rings. The van der Waals surface area contributed by atoms with Crippen molar-refractivity contribution in [3.05, 3.63) is 31.0 Å². The van der Waals surface area contributed by atoms with E-state index in [9.17, 15) is 0 Å². The second-order valence-corrected chi connectivity index (χ2v) is 4.77. The average molecular weight is 283 g/mol. The van der Waals surface area contributed by atoms with Crippen molar-refractivity contribution >= 4 is 16.9 Å². The van der Waals surface area contributed by atoms with Crippen molar-refractivity contribution in [2.24, 2.45) is 0 Å². The van der Waals surface area contributed by atoms with Gasteiger partial charge in [-0.2, -0.15) is 9.78 Å². The minimum absolute atomic E-state index is 0.277. The molecule has 0 radical (unpaired) electrons. The second kappa shape index (κ2) is 5.06. The van der Waals surface area contributed by atoms with E-state index in [2.05, 4.69) is 30.4 Å². The Morgan fingerprint density at radius 3 is 2.90 bits per heavy atom. The van der Waals surface area contributed by atoms with Gasteiger partial charge in [-0.25, -0.2) is 19.9 Å². The fraction of sp³-hybridized carbons (Fsp3) is 0.308. The molecule has 1 aliphatic heterocycles.